The molecule has 4 aliphatic rings. The van der Waals surface area contributed by atoms with Gasteiger partial charge in [0.05, 0.1) is 34.5 Å². The topological polar surface area (TPSA) is 133 Å². The molecule has 58 heavy (non-hydrogen) atoms. The fourth-order valence-electron chi connectivity index (χ4n) is 9.89. The van der Waals surface area contributed by atoms with Crippen LogP contribution < -0.4 is 10.3 Å². The van der Waals surface area contributed by atoms with Crippen LogP contribution in [0.1, 0.15) is 35.4 Å². The largest absolute Gasteiger partial charge is 0.508 e. The van der Waals surface area contributed by atoms with E-state index in [-0.39, 0.29) is 30.4 Å². The van der Waals surface area contributed by atoms with Gasteiger partial charge in [-0.25, -0.2) is 9.37 Å². The fraction of sp³-hybridized carbons (Fsp3) is 0.196. The maximum atomic E-state index is 15.3. The smallest absolute Gasteiger partial charge is 0.260 e. The maximum Gasteiger partial charge on any atom is 0.260 e. The Hall–Kier alpha value is -6.59. The van der Waals surface area contributed by atoms with Gasteiger partial charge < -0.3 is 9.52 Å². The van der Waals surface area contributed by atoms with E-state index in [0.717, 1.165) is 10.6 Å². The SMILES string of the molecule is Cc1cc(C2C3=CCC4C(=O)N(c5ccc(-c6nc7ccccc7o6)cc5)C(=O)C4C3CC3C(=O)N(Nc4ccc(F)cc4)C(=O)C32c2ccc(Cl)cc2)ccc1O. The quantitative estimate of drug-likeness (QED) is 0.127. The standard InChI is InChI=1S/C46H34ClFN4O6/c1-24-22-26(8-21-37(24)53)40-32-19-20-33-39(44(56)51(42(33)54)31-17-6-25(7-18-31)41-49-36-4-2-3-5-38(36)58-41)34(32)23-35-43(55)52(50-30-15-13-29(48)14-16-30)45(57)46(35,40)27-9-11-28(47)12-10-27/h2-19,21-22,33-35,39-40,50,53H,20,23H2,1H3. The summed E-state index contributed by atoms with van der Waals surface area (Å²) in [5, 5.41) is 12.1. The molecule has 3 fully saturated rings. The molecule has 12 heteroatoms. The monoisotopic (exact) mass is 792 g/mol. The number of carbonyl (C=O) groups excluding carboxylic acids is 4. The van der Waals surface area contributed by atoms with E-state index in [1.54, 1.807) is 67.6 Å². The van der Waals surface area contributed by atoms with E-state index in [2.05, 4.69) is 10.4 Å². The Bertz CT molecular complexity index is 2700. The zero-order valence-corrected chi connectivity index (χ0v) is 31.7. The molecule has 10 rings (SSSR count). The first-order chi connectivity index (χ1) is 28.0. The normalized spacial score (nSPS) is 25.2. The molecule has 2 aliphatic heterocycles. The number of hydrogen-bond donors (Lipinski definition) is 2. The van der Waals surface area contributed by atoms with Crippen molar-refractivity contribution in [2.24, 2.45) is 23.7 Å². The highest BCUT2D eigenvalue weighted by Crippen LogP contribution is 2.64. The number of aryl methyl sites for hydroxylation is 1. The van der Waals surface area contributed by atoms with Gasteiger partial charge in [0.2, 0.25) is 17.7 Å². The lowest BCUT2D eigenvalue weighted by atomic mass is 9.49. The summed E-state index contributed by atoms with van der Waals surface area (Å²) in [5.41, 5.74) is 6.76. The maximum absolute atomic E-state index is 15.3. The number of imide groups is 2. The number of benzene rings is 5. The van der Waals surface area contributed by atoms with Gasteiger partial charge in [0.15, 0.2) is 5.58 Å². The number of rotatable bonds is 6. The Balaban J connectivity index is 1.08. The van der Waals surface area contributed by atoms with Crippen molar-refractivity contribution >= 4 is 57.7 Å². The number of phenols is 1. The highest BCUT2D eigenvalue weighted by atomic mass is 35.5. The van der Waals surface area contributed by atoms with Crippen LogP contribution in [0.15, 0.2) is 131 Å². The predicted octanol–water partition coefficient (Wildman–Crippen LogP) is 8.49. The molecule has 0 spiro atoms. The predicted molar refractivity (Wildman–Crippen MR) is 214 cm³/mol. The molecule has 1 saturated carbocycles. The van der Waals surface area contributed by atoms with Crippen molar-refractivity contribution in [2.45, 2.75) is 31.1 Å². The molecule has 4 amide bonds. The van der Waals surface area contributed by atoms with Gasteiger partial charge in [-0.2, -0.15) is 5.01 Å². The third-order valence-corrected chi connectivity index (χ3v) is 12.7. The Labute approximate surface area is 336 Å². The number of allylic oxidation sites excluding steroid dienone is 2. The number of carbonyl (C=O) groups is 4. The van der Waals surface area contributed by atoms with E-state index >= 15 is 4.79 Å². The molecule has 5 aromatic carbocycles. The lowest BCUT2D eigenvalue weighted by Gasteiger charge is -2.50. The van der Waals surface area contributed by atoms with Gasteiger partial charge in [0.1, 0.15) is 17.1 Å². The molecule has 2 saturated heterocycles. The third kappa shape index (κ3) is 5.26. The van der Waals surface area contributed by atoms with Crippen molar-refractivity contribution in [2.75, 3.05) is 10.3 Å². The minimum Gasteiger partial charge on any atom is -0.508 e. The van der Waals surface area contributed by atoms with Crippen molar-refractivity contribution in [1.29, 1.82) is 0 Å². The summed E-state index contributed by atoms with van der Waals surface area (Å²) in [6.45, 7) is 1.76. The van der Waals surface area contributed by atoms with Crippen LogP contribution in [0.25, 0.3) is 22.6 Å². The molecule has 2 N–H and O–H groups in total. The van der Waals surface area contributed by atoms with Crippen molar-refractivity contribution < 1.29 is 33.1 Å². The van der Waals surface area contributed by atoms with Gasteiger partial charge in [0, 0.05) is 16.5 Å². The van der Waals surface area contributed by atoms with E-state index in [0.29, 0.717) is 55.6 Å². The Morgan fingerprint density at radius 1 is 0.862 bits per heavy atom. The van der Waals surface area contributed by atoms with E-state index in [1.807, 2.05) is 36.4 Å². The fourth-order valence-corrected chi connectivity index (χ4v) is 10.0. The number of nitrogens with zero attached hydrogens (tertiary/aromatic N) is 3. The van der Waals surface area contributed by atoms with Gasteiger partial charge in [0.25, 0.3) is 11.8 Å². The molecule has 2 aliphatic carbocycles. The summed E-state index contributed by atoms with van der Waals surface area (Å²) in [7, 11) is 0. The molecule has 6 unspecified atom stereocenters. The van der Waals surface area contributed by atoms with E-state index in [9.17, 15) is 23.9 Å². The second kappa shape index (κ2) is 13.2. The number of phenolic OH excluding ortho intramolecular Hbond substituents is 1. The number of amides is 4. The molecule has 0 bridgehead atoms. The Morgan fingerprint density at radius 3 is 2.33 bits per heavy atom. The molecular formula is C46H34ClFN4O6. The summed E-state index contributed by atoms with van der Waals surface area (Å²) in [5.74, 6) is -5.64. The van der Waals surface area contributed by atoms with Gasteiger partial charge >= 0.3 is 0 Å². The summed E-state index contributed by atoms with van der Waals surface area (Å²) >= 11 is 6.39. The zero-order chi connectivity index (χ0) is 40.0. The lowest BCUT2D eigenvalue weighted by molar-refractivity contribution is -0.138. The molecular weight excluding hydrogens is 759 g/mol. The van der Waals surface area contributed by atoms with Crippen molar-refractivity contribution in [3.63, 3.8) is 0 Å². The third-order valence-electron chi connectivity index (χ3n) is 12.5. The minimum atomic E-state index is -1.53. The molecule has 10 nitrogen and oxygen atoms in total. The lowest BCUT2D eigenvalue weighted by Crippen LogP contribution is -2.53. The number of anilines is 2. The van der Waals surface area contributed by atoms with Crippen LogP contribution in [0.2, 0.25) is 5.02 Å². The number of halogens is 2. The van der Waals surface area contributed by atoms with E-state index < -0.39 is 52.6 Å². The number of oxazole rings is 1. The number of nitrogens with one attached hydrogen (secondary N) is 1. The van der Waals surface area contributed by atoms with Crippen molar-refractivity contribution in [1.82, 2.24) is 9.99 Å². The number of aromatic hydroxyl groups is 1. The first kappa shape index (κ1) is 35.8. The average Bonchev–Trinajstić information content (AvgIpc) is 3.84. The second-order valence-corrected chi connectivity index (χ2v) is 15.9. The number of para-hydroxylation sites is 2. The number of aromatic nitrogens is 1. The summed E-state index contributed by atoms with van der Waals surface area (Å²) in [6, 6.07) is 31.7. The van der Waals surface area contributed by atoms with Gasteiger partial charge in [-0.15, -0.1) is 0 Å². The number of hydrazine groups is 1. The van der Waals surface area contributed by atoms with Crippen LogP contribution in [0, 0.1) is 36.4 Å². The van der Waals surface area contributed by atoms with Crippen LogP contribution in [0.4, 0.5) is 15.8 Å². The average molecular weight is 793 g/mol. The first-order valence-corrected chi connectivity index (χ1v) is 19.4. The summed E-state index contributed by atoms with van der Waals surface area (Å²) in [6.07, 6.45) is 2.32. The van der Waals surface area contributed by atoms with Crippen molar-refractivity contribution in [3.05, 3.63) is 154 Å². The van der Waals surface area contributed by atoms with Gasteiger partial charge in [-0.3, -0.25) is 29.5 Å². The Kier molecular flexibility index (Phi) is 8.17. The zero-order valence-electron chi connectivity index (χ0n) is 30.9. The highest BCUT2D eigenvalue weighted by Gasteiger charge is 2.70. The molecule has 6 aromatic rings. The number of fused-ring (bicyclic) bond motifs is 5. The van der Waals surface area contributed by atoms with Crippen molar-refractivity contribution in [3.8, 4) is 17.2 Å². The Morgan fingerprint density at radius 2 is 1.60 bits per heavy atom. The second-order valence-electron chi connectivity index (χ2n) is 15.5. The molecule has 0 radical (unpaired) electrons. The van der Waals surface area contributed by atoms with Crippen LogP contribution in [0.3, 0.4) is 0 Å². The number of hydrogen-bond acceptors (Lipinski definition) is 8. The van der Waals surface area contributed by atoms with E-state index in [1.165, 1.54) is 29.2 Å². The molecule has 6 atom stereocenters. The summed E-state index contributed by atoms with van der Waals surface area (Å²) in [4.78, 5) is 65.1. The van der Waals surface area contributed by atoms with E-state index in [4.69, 9.17) is 16.0 Å². The van der Waals surface area contributed by atoms with Crippen LogP contribution >= 0.6 is 11.6 Å². The minimum absolute atomic E-state index is 0.0636. The van der Waals surface area contributed by atoms with Crippen LogP contribution in [-0.4, -0.2) is 38.7 Å². The summed E-state index contributed by atoms with van der Waals surface area (Å²) < 4.78 is 19.9. The van der Waals surface area contributed by atoms with Crippen LogP contribution in [-0.2, 0) is 24.6 Å². The molecule has 1 aromatic heterocycles. The molecule has 3 heterocycles. The van der Waals surface area contributed by atoms with Crippen LogP contribution in [0.5, 0.6) is 5.75 Å². The van der Waals surface area contributed by atoms with Gasteiger partial charge in [-0.1, -0.05) is 59.6 Å². The first-order valence-electron chi connectivity index (χ1n) is 19.0. The molecule has 288 valence electrons. The highest BCUT2D eigenvalue weighted by molar-refractivity contribution is 6.30. The van der Waals surface area contributed by atoms with Gasteiger partial charge in [-0.05, 0) is 121 Å².